The molecule has 1 aliphatic rings. The first-order chi connectivity index (χ1) is 15.3. The standard InChI is InChI=1S/C22H18ClFN2O4S2/c23-16-4-1-3-15(13-16)10-11-25(32(29,30)21-5-2-12-31-21)19-14-20(27)26(22(19)28)18-8-6-17(24)7-9-18/h1-9,12-13,19H,10-11,14H2. The summed E-state index contributed by atoms with van der Waals surface area (Å²) in [5.74, 6) is -1.71. The van der Waals surface area contributed by atoms with Crippen LogP contribution in [0.1, 0.15) is 12.0 Å². The van der Waals surface area contributed by atoms with Crippen molar-refractivity contribution < 1.29 is 22.4 Å². The number of hydrogen-bond donors (Lipinski definition) is 0. The molecule has 0 saturated carbocycles. The summed E-state index contributed by atoms with van der Waals surface area (Å²) < 4.78 is 41.2. The van der Waals surface area contributed by atoms with Gasteiger partial charge in [-0.15, -0.1) is 11.3 Å². The number of halogens is 2. The molecule has 10 heteroatoms. The fourth-order valence-corrected chi connectivity index (χ4v) is 6.52. The fourth-order valence-electron chi connectivity index (χ4n) is 3.60. The first-order valence-electron chi connectivity index (χ1n) is 9.69. The third kappa shape index (κ3) is 4.47. The van der Waals surface area contributed by atoms with Crippen molar-refractivity contribution in [3.05, 3.63) is 82.4 Å². The highest BCUT2D eigenvalue weighted by Gasteiger charge is 2.47. The Hall–Kier alpha value is -2.59. The highest BCUT2D eigenvalue weighted by molar-refractivity contribution is 7.91. The van der Waals surface area contributed by atoms with Crippen LogP contribution in [0.5, 0.6) is 0 Å². The lowest BCUT2D eigenvalue weighted by molar-refractivity contribution is -0.122. The van der Waals surface area contributed by atoms with E-state index in [1.807, 2.05) is 6.07 Å². The molecule has 0 radical (unpaired) electrons. The molecule has 2 heterocycles. The fraction of sp³-hybridized carbons (Fsp3) is 0.182. The van der Waals surface area contributed by atoms with Gasteiger partial charge in [0.05, 0.1) is 12.1 Å². The number of benzene rings is 2. The molecule has 2 amide bonds. The zero-order valence-electron chi connectivity index (χ0n) is 16.6. The Morgan fingerprint density at radius 2 is 1.84 bits per heavy atom. The molecular formula is C22H18ClFN2O4S2. The molecule has 32 heavy (non-hydrogen) atoms. The van der Waals surface area contributed by atoms with Crippen molar-refractivity contribution in [2.24, 2.45) is 0 Å². The van der Waals surface area contributed by atoms with Gasteiger partial charge in [0.15, 0.2) is 0 Å². The van der Waals surface area contributed by atoms with Crippen LogP contribution in [0.2, 0.25) is 5.02 Å². The van der Waals surface area contributed by atoms with E-state index in [4.69, 9.17) is 11.6 Å². The zero-order chi connectivity index (χ0) is 22.9. The minimum absolute atomic E-state index is 0.0124. The largest absolute Gasteiger partial charge is 0.274 e. The third-order valence-electron chi connectivity index (χ3n) is 5.12. The van der Waals surface area contributed by atoms with Gasteiger partial charge in [-0.1, -0.05) is 29.8 Å². The van der Waals surface area contributed by atoms with Gasteiger partial charge < -0.3 is 0 Å². The first-order valence-corrected chi connectivity index (χ1v) is 12.4. The maximum Gasteiger partial charge on any atom is 0.253 e. The zero-order valence-corrected chi connectivity index (χ0v) is 19.0. The van der Waals surface area contributed by atoms with Gasteiger partial charge in [0.25, 0.3) is 15.9 Å². The quantitative estimate of drug-likeness (QED) is 0.465. The first kappa shape index (κ1) is 22.6. The highest BCUT2D eigenvalue weighted by Crippen LogP contribution is 2.31. The minimum Gasteiger partial charge on any atom is -0.274 e. The van der Waals surface area contributed by atoms with Crippen LogP contribution in [0.3, 0.4) is 0 Å². The molecule has 2 aromatic carbocycles. The average Bonchev–Trinajstić information content (AvgIpc) is 3.39. The van der Waals surface area contributed by atoms with E-state index in [1.165, 1.54) is 18.2 Å². The van der Waals surface area contributed by atoms with E-state index in [-0.39, 0.29) is 22.9 Å². The summed E-state index contributed by atoms with van der Waals surface area (Å²) in [7, 11) is -4.03. The molecule has 1 fully saturated rings. The average molecular weight is 493 g/mol. The number of thiophene rings is 1. The predicted molar refractivity (Wildman–Crippen MR) is 121 cm³/mol. The molecule has 0 spiro atoms. The maximum absolute atomic E-state index is 13.4. The number of amides is 2. The third-order valence-corrected chi connectivity index (χ3v) is 8.64. The van der Waals surface area contributed by atoms with Crippen LogP contribution in [-0.2, 0) is 26.0 Å². The van der Waals surface area contributed by atoms with Crippen molar-refractivity contribution >= 4 is 50.5 Å². The highest BCUT2D eigenvalue weighted by atomic mass is 35.5. The van der Waals surface area contributed by atoms with Gasteiger partial charge in [0.2, 0.25) is 5.91 Å². The van der Waals surface area contributed by atoms with Gasteiger partial charge in [0, 0.05) is 11.6 Å². The van der Waals surface area contributed by atoms with Crippen LogP contribution in [0.4, 0.5) is 10.1 Å². The van der Waals surface area contributed by atoms with E-state index in [1.54, 1.807) is 29.6 Å². The van der Waals surface area contributed by atoms with Gasteiger partial charge in [-0.3, -0.25) is 9.59 Å². The molecule has 1 saturated heterocycles. The summed E-state index contributed by atoms with van der Waals surface area (Å²) in [6, 6.07) is 13.8. The van der Waals surface area contributed by atoms with E-state index in [2.05, 4.69) is 0 Å². The minimum atomic E-state index is -4.03. The van der Waals surface area contributed by atoms with Crippen molar-refractivity contribution in [1.82, 2.24) is 4.31 Å². The van der Waals surface area contributed by atoms with Crippen LogP contribution in [0, 0.1) is 5.82 Å². The molecule has 1 aromatic heterocycles. The molecule has 0 N–H and O–H groups in total. The van der Waals surface area contributed by atoms with Crippen molar-refractivity contribution in [2.75, 3.05) is 11.4 Å². The lowest BCUT2D eigenvalue weighted by Crippen LogP contribution is -2.46. The van der Waals surface area contributed by atoms with Gasteiger partial charge in [-0.25, -0.2) is 17.7 Å². The number of sulfonamides is 1. The molecule has 6 nitrogen and oxygen atoms in total. The summed E-state index contributed by atoms with van der Waals surface area (Å²) in [5.41, 5.74) is 1.00. The molecule has 166 valence electrons. The van der Waals surface area contributed by atoms with E-state index >= 15 is 0 Å². The lowest BCUT2D eigenvalue weighted by Gasteiger charge is -2.26. The Kier molecular flexibility index (Phi) is 6.43. The topological polar surface area (TPSA) is 74.8 Å². The lowest BCUT2D eigenvalue weighted by atomic mass is 10.1. The number of imide groups is 1. The van der Waals surface area contributed by atoms with Gasteiger partial charge in [0.1, 0.15) is 16.1 Å². The Morgan fingerprint density at radius 3 is 2.50 bits per heavy atom. The SMILES string of the molecule is O=C1CC(N(CCc2cccc(Cl)c2)S(=O)(=O)c2cccs2)C(=O)N1c1ccc(F)cc1. The normalized spacial score (nSPS) is 16.8. The Bertz CT molecular complexity index is 1250. The number of rotatable bonds is 7. The van der Waals surface area contributed by atoms with Crippen molar-refractivity contribution in [2.45, 2.75) is 23.1 Å². The van der Waals surface area contributed by atoms with Crippen LogP contribution in [0.15, 0.2) is 70.3 Å². The smallest absolute Gasteiger partial charge is 0.253 e. The van der Waals surface area contributed by atoms with Crippen LogP contribution in [0.25, 0.3) is 0 Å². The number of anilines is 1. The molecule has 0 bridgehead atoms. The van der Waals surface area contributed by atoms with Gasteiger partial charge >= 0.3 is 0 Å². The van der Waals surface area contributed by atoms with Crippen LogP contribution in [-0.4, -0.2) is 37.1 Å². The van der Waals surface area contributed by atoms with Crippen LogP contribution >= 0.6 is 22.9 Å². The summed E-state index contributed by atoms with van der Waals surface area (Å²) >= 11 is 7.08. The summed E-state index contributed by atoms with van der Waals surface area (Å²) in [5, 5.41) is 2.15. The van der Waals surface area contributed by atoms with Crippen LogP contribution < -0.4 is 4.90 Å². The molecule has 1 unspecified atom stereocenters. The summed E-state index contributed by atoms with van der Waals surface area (Å²) in [6.07, 6.45) is 0.00997. The van der Waals surface area contributed by atoms with E-state index < -0.39 is 33.7 Å². The predicted octanol–water partition coefficient (Wildman–Crippen LogP) is 4.11. The second-order valence-electron chi connectivity index (χ2n) is 7.19. The maximum atomic E-state index is 13.4. The van der Waals surface area contributed by atoms with Gasteiger partial charge in [-0.2, -0.15) is 4.31 Å². The van der Waals surface area contributed by atoms with Gasteiger partial charge in [-0.05, 0) is 59.8 Å². The van der Waals surface area contributed by atoms with Crippen molar-refractivity contribution in [3.8, 4) is 0 Å². The van der Waals surface area contributed by atoms with Crippen molar-refractivity contribution in [1.29, 1.82) is 0 Å². The second kappa shape index (κ2) is 9.11. The Morgan fingerprint density at radius 1 is 1.09 bits per heavy atom. The molecule has 0 aliphatic carbocycles. The molecular weight excluding hydrogens is 475 g/mol. The molecule has 4 rings (SSSR count). The monoisotopic (exact) mass is 492 g/mol. The number of carbonyl (C=O) groups is 2. The van der Waals surface area contributed by atoms with E-state index in [9.17, 15) is 22.4 Å². The summed E-state index contributed by atoms with van der Waals surface area (Å²) in [4.78, 5) is 26.8. The molecule has 1 aliphatic heterocycles. The Labute approximate surface area is 193 Å². The van der Waals surface area contributed by atoms with Crippen molar-refractivity contribution in [3.63, 3.8) is 0 Å². The molecule has 1 atom stereocenters. The molecule has 3 aromatic rings. The second-order valence-corrected chi connectivity index (χ2v) is 10.7. The number of carbonyl (C=O) groups excluding carboxylic acids is 2. The number of nitrogens with zero attached hydrogens (tertiary/aromatic N) is 2. The number of hydrogen-bond acceptors (Lipinski definition) is 5. The van der Waals surface area contributed by atoms with E-state index in [0.29, 0.717) is 11.4 Å². The van der Waals surface area contributed by atoms with E-state index in [0.717, 1.165) is 38.2 Å². The Balaban J connectivity index is 1.67. The summed E-state index contributed by atoms with van der Waals surface area (Å²) in [6.45, 7) is -0.0124.